The number of nitrogens with zero attached hydrogens (tertiary/aromatic N) is 1. The minimum atomic E-state index is -0.561. The lowest BCUT2D eigenvalue weighted by atomic mass is 9.97. The molecule has 0 aliphatic carbocycles. The molecule has 0 spiro atoms. The molecule has 1 atom stereocenters. The van der Waals surface area contributed by atoms with E-state index in [1.54, 1.807) is 4.90 Å². The molecule has 1 aliphatic rings. The first-order valence-electron chi connectivity index (χ1n) is 7.90. The predicted octanol–water partition coefficient (Wildman–Crippen LogP) is 3.10. The molecule has 0 saturated carbocycles. The van der Waals surface area contributed by atoms with Crippen molar-refractivity contribution in [3.05, 3.63) is 34.6 Å². The summed E-state index contributed by atoms with van der Waals surface area (Å²) in [6, 6.07) is 4.00. The second-order valence-electron chi connectivity index (χ2n) is 6.28. The van der Waals surface area contributed by atoms with E-state index in [0.717, 1.165) is 12.8 Å². The van der Waals surface area contributed by atoms with Gasteiger partial charge in [0.05, 0.1) is 5.56 Å². The standard InChI is InChI=1S/C17H22ClFN2O2/c1-11(2)16(22)20-9-12-4-3-7-21(10-12)17(23)14-8-13(18)5-6-15(14)19/h5-6,8,11-12H,3-4,7,9-10H2,1-2H3,(H,20,22). The van der Waals surface area contributed by atoms with E-state index in [4.69, 9.17) is 11.6 Å². The van der Waals surface area contributed by atoms with Crippen LogP contribution in [0.25, 0.3) is 0 Å². The highest BCUT2D eigenvalue weighted by atomic mass is 35.5. The average molecular weight is 341 g/mol. The number of likely N-dealkylation sites (tertiary alicyclic amines) is 1. The zero-order valence-corrected chi connectivity index (χ0v) is 14.2. The Labute approximate surface area is 141 Å². The van der Waals surface area contributed by atoms with Crippen LogP contribution in [0, 0.1) is 17.7 Å². The van der Waals surface area contributed by atoms with E-state index in [1.807, 2.05) is 13.8 Å². The van der Waals surface area contributed by atoms with Crippen molar-refractivity contribution in [1.29, 1.82) is 0 Å². The normalized spacial score (nSPS) is 18.1. The van der Waals surface area contributed by atoms with Gasteiger partial charge in [-0.05, 0) is 37.0 Å². The minimum Gasteiger partial charge on any atom is -0.356 e. The van der Waals surface area contributed by atoms with Gasteiger partial charge in [0.1, 0.15) is 5.82 Å². The number of halogens is 2. The monoisotopic (exact) mass is 340 g/mol. The van der Waals surface area contributed by atoms with Gasteiger partial charge in [0.15, 0.2) is 0 Å². The maximum absolute atomic E-state index is 13.9. The van der Waals surface area contributed by atoms with Gasteiger partial charge >= 0.3 is 0 Å². The molecule has 4 nitrogen and oxygen atoms in total. The number of rotatable bonds is 4. The molecule has 2 amide bonds. The molecular formula is C17H22ClFN2O2. The van der Waals surface area contributed by atoms with Gasteiger partial charge in [0.25, 0.3) is 5.91 Å². The number of benzene rings is 1. The molecule has 2 rings (SSSR count). The quantitative estimate of drug-likeness (QED) is 0.915. The Bertz CT molecular complexity index is 592. The lowest BCUT2D eigenvalue weighted by molar-refractivity contribution is -0.124. The SMILES string of the molecule is CC(C)C(=O)NCC1CCCN(C(=O)c2cc(Cl)ccc2F)C1. The molecule has 0 bridgehead atoms. The summed E-state index contributed by atoms with van der Waals surface area (Å²) in [5.74, 6) is -0.761. The molecule has 126 valence electrons. The first-order chi connectivity index (χ1) is 10.9. The topological polar surface area (TPSA) is 49.4 Å². The summed E-state index contributed by atoms with van der Waals surface area (Å²) in [7, 11) is 0. The zero-order chi connectivity index (χ0) is 17.0. The molecular weight excluding hydrogens is 319 g/mol. The molecule has 0 radical (unpaired) electrons. The van der Waals surface area contributed by atoms with Gasteiger partial charge in [0, 0.05) is 30.6 Å². The highest BCUT2D eigenvalue weighted by Gasteiger charge is 2.26. The van der Waals surface area contributed by atoms with Gasteiger partial charge in [-0.3, -0.25) is 9.59 Å². The third-order valence-corrected chi connectivity index (χ3v) is 4.29. The van der Waals surface area contributed by atoms with Crippen molar-refractivity contribution >= 4 is 23.4 Å². The first kappa shape index (κ1) is 17.7. The summed E-state index contributed by atoms with van der Waals surface area (Å²) < 4.78 is 13.9. The van der Waals surface area contributed by atoms with Crippen LogP contribution >= 0.6 is 11.6 Å². The van der Waals surface area contributed by atoms with Crippen molar-refractivity contribution in [1.82, 2.24) is 10.2 Å². The van der Waals surface area contributed by atoms with Gasteiger partial charge in [-0.2, -0.15) is 0 Å². The number of hydrogen-bond acceptors (Lipinski definition) is 2. The summed E-state index contributed by atoms with van der Waals surface area (Å²) in [6.45, 7) is 5.34. The van der Waals surface area contributed by atoms with Crippen LogP contribution in [0.5, 0.6) is 0 Å². The number of amides is 2. The van der Waals surface area contributed by atoms with Gasteiger partial charge in [-0.15, -0.1) is 0 Å². The largest absolute Gasteiger partial charge is 0.356 e. The van der Waals surface area contributed by atoms with Gasteiger partial charge in [0.2, 0.25) is 5.91 Å². The van der Waals surface area contributed by atoms with Crippen LogP contribution in [0.15, 0.2) is 18.2 Å². The fourth-order valence-electron chi connectivity index (χ4n) is 2.70. The van der Waals surface area contributed by atoms with Crippen molar-refractivity contribution in [2.75, 3.05) is 19.6 Å². The Morgan fingerprint density at radius 2 is 2.17 bits per heavy atom. The summed E-state index contributed by atoms with van der Waals surface area (Å²) in [5.41, 5.74) is 0.00404. The molecule has 1 heterocycles. The number of carbonyl (C=O) groups is 2. The molecule has 1 fully saturated rings. The first-order valence-corrected chi connectivity index (χ1v) is 8.28. The maximum Gasteiger partial charge on any atom is 0.256 e. The molecule has 23 heavy (non-hydrogen) atoms. The van der Waals surface area contributed by atoms with E-state index >= 15 is 0 Å². The van der Waals surface area contributed by atoms with Gasteiger partial charge in [-0.25, -0.2) is 4.39 Å². The van der Waals surface area contributed by atoms with Crippen LogP contribution in [0.4, 0.5) is 4.39 Å². The molecule has 1 aromatic rings. The smallest absolute Gasteiger partial charge is 0.256 e. The fraction of sp³-hybridized carbons (Fsp3) is 0.529. The summed E-state index contributed by atoms with van der Waals surface area (Å²) >= 11 is 5.86. The second-order valence-corrected chi connectivity index (χ2v) is 6.72. The summed E-state index contributed by atoms with van der Waals surface area (Å²) in [4.78, 5) is 25.8. The van der Waals surface area contributed by atoms with Crippen LogP contribution in [0.1, 0.15) is 37.0 Å². The highest BCUT2D eigenvalue weighted by molar-refractivity contribution is 6.31. The number of piperidine rings is 1. The second kappa shape index (κ2) is 7.77. The lowest BCUT2D eigenvalue weighted by Crippen LogP contribution is -2.44. The van der Waals surface area contributed by atoms with Gasteiger partial charge < -0.3 is 10.2 Å². The number of hydrogen-bond donors (Lipinski definition) is 1. The maximum atomic E-state index is 13.9. The Morgan fingerprint density at radius 1 is 1.43 bits per heavy atom. The molecule has 0 aromatic heterocycles. The molecule has 1 aliphatic heterocycles. The van der Waals surface area contributed by atoms with Crippen molar-refractivity contribution in [3.63, 3.8) is 0 Å². The summed E-state index contributed by atoms with van der Waals surface area (Å²) in [6.07, 6.45) is 1.79. The third-order valence-electron chi connectivity index (χ3n) is 4.05. The van der Waals surface area contributed by atoms with E-state index in [9.17, 15) is 14.0 Å². The highest BCUT2D eigenvalue weighted by Crippen LogP contribution is 2.21. The van der Waals surface area contributed by atoms with Crippen LogP contribution in [-0.2, 0) is 4.79 Å². The van der Waals surface area contributed by atoms with E-state index in [2.05, 4.69) is 5.32 Å². The number of nitrogens with one attached hydrogen (secondary N) is 1. The van der Waals surface area contributed by atoms with E-state index in [1.165, 1.54) is 18.2 Å². The fourth-order valence-corrected chi connectivity index (χ4v) is 2.87. The van der Waals surface area contributed by atoms with E-state index in [0.29, 0.717) is 24.7 Å². The Balaban J connectivity index is 1.99. The Hall–Kier alpha value is -1.62. The van der Waals surface area contributed by atoms with Crippen LogP contribution in [0.3, 0.4) is 0 Å². The minimum absolute atomic E-state index is 0.00404. The van der Waals surface area contributed by atoms with Crippen LogP contribution in [0.2, 0.25) is 5.02 Å². The lowest BCUT2D eigenvalue weighted by Gasteiger charge is -2.33. The molecule has 1 saturated heterocycles. The predicted molar refractivity (Wildman–Crippen MR) is 87.9 cm³/mol. The van der Waals surface area contributed by atoms with Crippen LogP contribution in [-0.4, -0.2) is 36.3 Å². The molecule has 1 unspecified atom stereocenters. The van der Waals surface area contributed by atoms with Crippen LogP contribution < -0.4 is 5.32 Å². The van der Waals surface area contributed by atoms with Crippen molar-refractivity contribution < 1.29 is 14.0 Å². The third kappa shape index (κ3) is 4.67. The van der Waals surface area contributed by atoms with Crippen molar-refractivity contribution in [2.24, 2.45) is 11.8 Å². The van der Waals surface area contributed by atoms with Crippen molar-refractivity contribution in [3.8, 4) is 0 Å². The van der Waals surface area contributed by atoms with Crippen molar-refractivity contribution in [2.45, 2.75) is 26.7 Å². The molecule has 1 aromatic carbocycles. The summed E-state index contributed by atoms with van der Waals surface area (Å²) in [5, 5.41) is 3.24. The Kier molecular flexibility index (Phi) is 5.99. The van der Waals surface area contributed by atoms with E-state index in [-0.39, 0.29) is 29.2 Å². The average Bonchev–Trinajstić information content (AvgIpc) is 2.54. The Morgan fingerprint density at radius 3 is 2.87 bits per heavy atom. The number of carbonyl (C=O) groups excluding carboxylic acids is 2. The van der Waals surface area contributed by atoms with Gasteiger partial charge in [-0.1, -0.05) is 25.4 Å². The molecule has 1 N–H and O–H groups in total. The molecule has 6 heteroatoms. The zero-order valence-electron chi connectivity index (χ0n) is 13.4. The van der Waals surface area contributed by atoms with E-state index < -0.39 is 5.82 Å².